The Morgan fingerprint density at radius 1 is 0.262 bits per heavy atom. The molecule has 0 saturated carbocycles. The average molecular weight is 898 g/mol. The molecule has 0 atom stereocenters. The van der Waals surface area contributed by atoms with Gasteiger partial charge in [0.15, 0.2) is 0 Å². The fraction of sp³-hybridized carbons (Fsp3) is 0. The normalized spacial score (nSPS) is 11.8. The van der Waals surface area contributed by atoms with Gasteiger partial charge in [0, 0.05) is 71.1 Å². The average Bonchev–Trinajstić information content (AvgIpc) is 4.10. The van der Waals surface area contributed by atoms with Gasteiger partial charge in [-0.1, -0.05) is 155 Å². The number of fused-ring (bicyclic) bond motifs is 12. The minimum absolute atomic E-state index is 0.908. The zero-order chi connectivity index (χ0) is 43.0. The van der Waals surface area contributed by atoms with Crippen molar-refractivity contribution in [1.29, 1.82) is 0 Å². The van der Waals surface area contributed by atoms with Crippen molar-refractivity contribution in [3.8, 4) is 33.6 Å². The van der Waals surface area contributed by atoms with Crippen LogP contribution in [0.2, 0.25) is 0 Å². The number of nitrogens with zero attached hydrogens (tertiary/aromatic N) is 2. The lowest BCUT2D eigenvalue weighted by Crippen LogP contribution is -1.94. The lowest BCUT2D eigenvalue weighted by atomic mass is 10.1. The second kappa shape index (κ2) is 15.0. The molecular formula is C60H37BrN2O2. The smallest absolute Gasteiger partial charge is 0.137 e. The SMILES string of the molecule is Brc1ccc2c(c1)c1cc3c(cc1n2-c1cccc(-c2ccccc2)c1)oc1ccccc13.c1ccc(-c2cccc(-n3c4ccccc4c4cc5c(cc43)oc3ccccc35)c2)cc1. The molecule has 0 N–H and O–H groups in total. The van der Waals surface area contributed by atoms with Crippen molar-refractivity contribution >= 4 is 103 Å². The van der Waals surface area contributed by atoms with Crippen LogP contribution in [0.3, 0.4) is 0 Å². The van der Waals surface area contributed by atoms with E-state index < -0.39 is 0 Å². The largest absolute Gasteiger partial charge is 0.456 e. The molecule has 4 nitrogen and oxygen atoms in total. The molecule has 0 amide bonds. The highest BCUT2D eigenvalue weighted by Gasteiger charge is 2.19. The fourth-order valence-corrected chi connectivity index (χ4v) is 10.2. The number of hydrogen-bond donors (Lipinski definition) is 0. The van der Waals surface area contributed by atoms with Crippen LogP contribution in [0, 0.1) is 0 Å². The number of para-hydroxylation sites is 3. The van der Waals surface area contributed by atoms with Gasteiger partial charge in [0.2, 0.25) is 0 Å². The zero-order valence-electron chi connectivity index (χ0n) is 35.0. The summed E-state index contributed by atoms with van der Waals surface area (Å²) in [6.45, 7) is 0. The molecule has 0 aliphatic heterocycles. The Labute approximate surface area is 381 Å². The number of hydrogen-bond acceptors (Lipinski definition) is 2. The number of halogens is 1. The Bertz CT molecular complexity index is 4140. The van der Waals surface area contributed by atoms with Gasteiger partial charge in [-0.15, -0.1) is 0 Å². The van der Waals surface area contributed by atoms with E-state index in [0.29, 0.717) is 0 Å². The highest BCUT2D eigenvalue weighted by Crippen LogP contribution is 2.41. The lowest BCUT2D eigenvalue weighted by molar-refractivity contribution is 0.669. The molecule has 0 aliphatic rings. The molecule has 0 radical (unpaired) electrons. The van der Waals surface area contributed by atoms with E-state index in [1.54, 1.807) is 0 Å². The van der Waals surface area contributed by atoms with Crippen LogP contribution in [0.4, 0.5) is 0 Å². The quantitative estimate of drug-likeness (QED) is 0.176. The molecule has 0 fully saturated rings. The van der Waals surface area contributed by atoms with E-state index in [9.17, 15) is 0 Å². The van der Waals surface area contributed by atoms with E-state index in [-0.39, 0.29) is 0 Å². The fourth-order valence-electron chi connectivity index (χ4n) is 9.86. The van der Waals surface area contributed by atoms with Crippen molar-refractivity contribution in [2.24, 2.45) is 0 Å². The maximum atomic E-state index is 6.24. The Kier molecular flexibility index (Phi) is 8.65. The summed E-state index contributed by atoms with van der Waals surface area (Å²) in [7, 11) is 0. The van der Waals surface area contributed by atoms with Crippen molar-refractivity contribution in [1.82, 2.24) is 9.13 Å². The van der Waals surface area contributed by atoms with Crippen LogP contribution in [-0.4, -0.2) is 9.13 Å². The number of rotatable bonds is 4. The van der Waals surface area contributed by atoms with E-state index >= 15 is 0 Å². The van der Waals surface area contributed by atoms with E-state index in [4.69, 9.17) is 8.83 Å². The molecule has 4 aromatic heterocycles. The van der Waals surface area contributed by atoms with Crippen molar-refractivity contribution in [2.75, 3.05) is 0 Å². The minimum Gasteiger partial charge on any atom is -0.456 e. The predicted octanol–water partition coefficient (Wildman–Crippen LogP) is 17.5. The number of benzene rings is 10. The first-order valence-electron chi connectivity index (χ1n) is 21.8. The molecule has 306 valence electrons. The Morgan fingerprint density at radius 3 is 1.25 bits per heavy atom. The van der Waals surface area contributed by atoms with Gasteiger partial charge in [-0.2, -0.15) is 0 Å². The first kappa shape index (κ1) is 37.4. The van der Waals surface area contributed by atoms with Crippen LogP contribution in [0.5, 0.6) is 0 Å². The van der Waals surface area contributed by atoms with Gasteiger partial charge in [0.25, 0.3) is 0 Å². The van der Waals surface area contributed by atoms with Gasteiger partial charge in [0.05, 0.1) is 22.1 Å². The molecule has 0 spiro atoms. The van der Waals surface area contributed by atoms with Gasteiger partial charge in [-0.05, 0) is 95.1 Å². The molecule has 4 heterocycles. The van der Waals surface area contributed by atoms with E-state index in [2.05, 4.69) is 225 Å². The van der Waals surface area contributed by atoms with Crippen LogP contribution in [-0.2, 0) is 0 Å². The van der Waals surface area contributed by atoms with Gasteiger partial charge < -0.3 is 18.0 Å². The van der Waals surface area contributed by atoms with Gasteiger partial charge in [0.1, 0.15) is 22.3 Å². The molecule has 14 aromatic rings. The van der Waals surface area contributed by atoms with Crippen molar-refractivity contribution in [3.63, 3.8) is 0 Å². The van der Waals surface area contributed by atoms with Crippen molar-refractivity contribution in [3.05, 3.63) is 229 Å². The molecule has 0 aliphatic carbocycles. The van der Waals surface area contributed by atoms with Crippen LogP contribution < -0.4 is 0 Å². The summed E-state index contributed by atoms with van der Waals surface area (Å²) in [6.07, 6.45) is 0. The van der Waals surface area contributed by atoms with Gasteiger partial charge >= 0.3 is 0 Å². The van der Waals surface area contributed by atoms with Crippen LogP contribution in [0.25, 0.3) is 121 Å². The summed E-state index contributed by atoms with van der Waals surface area (Å²) in [4.78, 5) is 0. The van der Waals surface area contributed by atoms with Gasteiger partial charge in [-0.3, -0.25) is 0 Å². The Morgan fingerprint density at radius 2 is 0.692 bits per heavy atom. The lowest BCUT2D eigenvalue weighted by Gasteiger charge is -2.10. The third kappa shape index (κ3) is 6.19. The maximum Gasteiger partial charge on any atom is 0.137 e. The van der Waals surface area contributed by atoms with Crippen molar-refractivity contribution in [2.45, 2.75) is 0 Å². The topological polar surface area (TPSA) is 36.1 Å². The highest BCUT2D eigenvalue weighted by molar-refractivity contribution is 9.10. The van der Waals surface area contributed by atoms with E-state index in [1.807, 2.05) is 24.3 Å². The highest BCUT2D eigenvalue weighted by atomic mass is 79.9. The standard InChI is InChI=1S/C30H18BrNO.C30H19NO/c31-21-13-14-27-24(16-21)25-17-26-23-11-4-5-12-29(23)33-30(26)18-28(25)32(27)22-10-6-9-20(15-22)19-7-2-1-3-8-19;1-2-9-20(10-3-1)21-11-8-12-22(17-21)31-27-15-6-4-13-23(27)25-18-26-24-14-5-7-16-29(24)32-30(26)19-28(25)31/h1-18H;1-19H. The second-order valence-electron chi connectivity index (χ2n) is 16.6. The summed E-state index contributed by atoms with van der Waals surface area (Å²) in [6, 6.07) is 79.2. The third-order valence-corrected chi connectivity index (χ3v) is 13.3. The molecular weight excluding hydrogens is 861 g/mol. The summed E-state index contributed by atoms with van der Waals surface area (Å²) in [5.74, 6) is 0. The summed E-state index contributed by atoms with van der Waals surface area (Å²) >= 11 is 3.68. The maximum absolute atomic E-state index is 6.24. The molecule has 5 heteroatoms. The Hall–Kier alpha value is -8.12. The summed E-state index contributed by atoms with van der Waals surface area (Å²) in [5, 5.41) is 9.55. The molecule has 0 unspecified atom stereocenters. The van der Waals surface area contributed by atoms with Crippen LogP contribution >= 0.6 is 15.9 Å². The predicted molar refractivity (Wildman–Crippen MR) is 275 cm³/mol. The molecule has 10 aromatic carbocycles. The van der Waals surface area contributed by atoms with Crippen LogP contribution in [0.1, 0.15) is 0 Å². The first-order chi connectivity index (χ1) is 32.1. The van der Waals surface area contributed by atoms with E-state index in [0.717, 1.165) is 70.8 Å². The molecule has 14 rings (SSSR count). The number of furan rings is 2. The summed E-state index contributed by atoms with van der Waals surface area (Å²) in [5.41, 5.74) is 15.5. The van der Waals surface area contributed by atoms with E-state index in [1.165, 1.54) is 54.8 Å². The van der Waals surface area contributed by atoms with Crippen molar-refractivity contribution < 1.29 is 8.83 Å². The molecule has 65 heavy (non-hydrogen) atoms. The third-order valence-electron chi connectivity index (χ3n) is 12.8. The molecule has 0 saturated heterocycles. The first-order valence-corrected chi connectivity index (χ1v) is 22.6. The molecule has 0 bridgehead atoms. The number of aromatic nitrogens is 2. The van der Waals surface area contributed by atoms with Crippen LogP contribution in [0.15, 0.2) is 238 Å². The second-order valence-corrected chi connectivity index (χ2v) is 17.5. The minimum atomic E-state index is 0.908. The monoisotopic (exact) mass is 896 g/mol. The zero-order valence-corrected chi connectivity index (χ0v) is 36.5. The van der Waals surface area contributed by atoms with Gasteiger partial charge in [-0.25, -0.2) is 0 Å². The Balaban J connectivity index is 0.000000130. The summed E-state index contributed by atoms with van der Waals surface area (Å²) < 4.78 is 18.2.